The van der Waals surface area contributed by atoms with E-state index in [0.717, 1.165) is 6.20 Å². The van der Waals surface area contributed by atoms with Gasteiger partial charge in [0, 0.05) is 17.3 Å². The highest BCUT2D eigenvalue weighted by atomic mass is 35.5. The van der Waals surface area contributed by atoms with Crippen LogP contribution in [0.4, 0.5) is 14.6 Å². The minimum absolute atomic E-state index is 0.0350. The molecule has 0 aliphatic rings. The normalized spacial score (nSPS) is 10.6. The van der Waals surface area contributed by atoms with Crippen molar-refractivity contribution in [2.24, 2.45) is 0 Å². The summed E-state index contributed by atoms with van der Waals surface area (Å²) >= 11 is 5.53. The lowest BCUT2D eigenvalue weighted by Gasteiger charge is -2.13. The number of alkyl halides is 3. The van der Waals surface area contributed by atoms with Crippen LogP contribution < -0.4 is 5.73 Å². The molecule has 0 radical (unpaired) electrons. The first kappa shape index (κ1) is 13.6. The minimum atomic E-state index is -2.87. The Kier molecular flexibility index (Phi) is 4.62. The van der Waals surface area contributed by atoms with Crippen LogP contribution in [0.2, 0.25) is 0 Å². The first-order valence-corrected chi connectivity index (χ1v) is 5.34. The summed E-state index contributed by atoms with van der Waals surface area (Å²) in [4.78, 5) is 15.1. The molecule has 0 spiro atoms. The van der Waals surface area contributed by atoms with E-state index in [1.807, 2.05) is 0 Å². The van der Waals surface area contributed by atoms with Gasteiger partial charge < -0.3 is 10.5 Å². The number of ether oxygens (including phenoxy) is 1. The van der Waals surface area contributed by atoms with Gasteiger partial charge in [0.2, 0.25) is 0 Å². The van der Waals surface area contributed by atoms with Gasteiger partial charge in [-0.1, -0.05) is 0 Å². The summed E-state index contributed by atoms with van der Waals surface area (Å²) in [6.07, 6.45) is -1.89. The van der Waals surface area contributed by atoms with E-state index in [2.05, 4.69) is 9.72 Å². The van der Waals surface area contributed by atoms with E-state index in [0.29, 0.717) is 0 Å². The largest absolute Gasteiger partial charge is 0.462 e. The third-order valence-corrected chi connectivity index (χ3v) is 2.37. The molecule has 1 rings (SSSR count). The number of hydrogen-bond acceptors (Lipinski definition) is 4. The minimum Gasteiger partial charge on any atom is -0.462 e. The average molecular weight is 265 g/mol. The van der Waals surface area contributed by atoms with Crippen molar-refractivity contribution in [3.05, 3.63) is 22.9 Å². The molecule has 1 aromatic heterocycles. The average Bonchev–Trinajstić information content (AvgIpc) is 2.28. The number of aromatic nitrogens is 1. The first-order valence-electron chi connectivity index (χ1n) is 4.81. The van der Waals surface area contributed by atoms with E-state index < -0.39 is 18.0 Å². The van der Waals surface area contributed by atoms with Gasteiger partial charge in [0.15, 0.2) is 0 Å². The number of esters is 1. The Morgan fingerprint density at radius 1 is 1.65 bits per heavy atom. The molecule has 1 heterocycles. The molecule has 0 unspecified atom stereocenters. The summed E-state index contributed by atoms with van der Waals surface area (Å²) < 4.78 is 30.5. The van der Waals surface area contributed by atoms with Crippen LogP contribution in [0.5, 0.6) is 0 Å². The molecule has 7 heteroatoms. The summed E-state index contributed by atoms with van der Waals surface area (Å²) in [5.74, 6) is -1.21. The number of nitrogens with two attached hydrogens (primary N) is 1. The van der Waals surface area contributed by atoms with Crippen LogP contribution in [0.1, 0.15) is 34.8 Å². The van der Waals surface area contributed by atoms with Gasteiger partial charge in [0.25, 0.3) is 6.43 Å². The highest BCUT2D eigenvalue weighted by Crippen LogP contribution is 2.30. The molecule has 0 aromatic carbocycles. The lowest BCUT2D eigenvalue weighted by atomic mass is 10.0. The highest BCUT2D eigenvalue weighted by molar-refractivity contribution is 6.17. The molecule has 17 heavy (non-hydrogen) atoms. The van der Waals surface area contributed by atoms with Gasteiger partial charge in [0.1, 0.15) is 5.82 Å². The fraction of sp³-hybridized carbons (Fsp3) is 0.400. The topological polar surface area (TPSA) is 65.2 Å². The predicted octanol–water partition coefficient (Wildman–Crippen LogP) is 2.52. The van der Waals surface area contributed by atoms with Gasteiger partial charge in [-0.15, -0.1) is 11.6 Å². The molecule has 0 atom stereocenters. The first-order chi connectivity index (χ1) is 8.02. The standard InChI is InChI=1S/C10H11ClF2N2O2/c1-2-17-10(16)6-4-15-9(14)5(3-11)7(6)8(12)13/h4,8H,2-3H2,1H3,(H2,14,15). The second kappa shape index (κ2) is 5.77. The number of nitrogens with zero attached hydrogens (tertiary/aromatic N) is 1. The van der Waals surface area contributed by atoms with Crippen LogP contribution in [0.25, 0.3) is 0 Å². The van der Waals surface area contributed by atoms with Gasteiger partial charge in [-0.3, -0.25) is 0 Å². The molecule has 94 valence electrons. The smallest absolute Gasteiger partial charge is 0.340 e. The number of hydrogen-bond donors (Lipinski definition) is 1. The molecule has 0 amide bonds. The lowest BCUT2D eigenvalue weighted by Crippen LogP contribution is -2.13. The van der Waals surface area contributed by atoms with Gasteiger partial charge in [-0.2, -0.15) is 0 Å². The summed E-state index contributed by atoms with van der Waals surface area (Å²) in [7, 11) is 0. The number of pyridine rings is 1. The summed E-state index contributed by atoms with van der Waals surface area (Å²) in [5, 5.41) is 0. The Hall–Kier alpha value is -1.43. The van der Waals surface area contributed by atoms with Gasteiger partial charge in [0.05, 0.1) is 18.1 Å². The molecule has 1 aromatic rings. The summed E-state index contributed by atoms with van der Waals surface area (Å²) in [6.45, 7) is 1.66. The number of carbonyl (C=O) groups is 1. The van der Waals surface area contributed by atoms with Crippen LogP contribution in [0.15, 0.2) is 6.20 Å². The number of carbonyl (C=O) groups excluding carboxylic acids is 1. The van der Waals surface area contributed by atoms with Crippen molar-refractivity contribution >= 4 is 23.4 Å². The van der Waals surface area contributed by atoms with E-state index in [-0.39, 0.29) is 29.4 Å². The van der Waals surface area contributed by atoms with Gasteiger partial charge >= 0.3 is 5.97 Å². The molecule has 4 nitrogen and oxygen atoms in total. The molecule has 0 saturated heterocycles. The van der Waals surface area contributed by atoms with Crippen molar-refractivity contribution in [2.45, 2.75) is 19.2 Å². The third kappa shape index (κ3) is 2.82. The third-order valence-electron chi connectivity index (χ3n) is 2.10. The van der Waals surface area contributed by atoms with Crippen LogP contribution in [0, 0.1) is 0 Å². The van der Waals surface area contributed by atoms with Gasteiger partial charge in [-0.05, 0) is 6.92 Å². The monoisotopic (exact) mass is 264 g/mol. The summed E-state index contributed by atoms with van der Waals surface area (Å²) in [5.41, 5.74) is 4.59. The summed E-state index contributed by atoms with van der Waals surface area (Å²) in [6, 6.07) is 0. The van der Waals surface area contributed by atoms with E-state index >= 15 is 0 Å². The maximum Gasteiger partial charge on any atom is 0.340 e. The van der Waals surface area contributed by atoms with Crippen molar-refractivity contribution in [3.8, 4) is 0 Å². The van der Waals surface area contributed by atoms with Crippen molar-refractivity contribution < 1.29 is 18.3 Å². The van der Waals surface area contributed by atoms with E-state index in [1.54, 1.807) is 6.92 Å². The molecule has 0 aliphatic heterocycles. The maximum absolute atomic E-state index is 12.9. The van der Waals surface area contributed by atoms with Crippen LogP contribution in [-0.4, -0.2) is 17.6 Å². The molecule has 0 fully saturated rings. The second-order valence-corrected chi connectivity index (χ2v) is 3.37. The molecule has 0 bridgehead atoms. The fourth-order valence-electron chi connectivity index (χ4n) is 1.34. The number of rotatable bonds is 4. The Labute approximate surface area is 102 Å². The Balaban J connectivity index is 3.35. The lowest BCUT2D eigenvalue weighted by molar-refractivity contribution is 0.0514. The second-order valence-electron chi connectivity index (χ2n) is 3.10. The molecular formula is C10H11ClF2N2O2. The fourth-order valence-corrected chi connectivity index (χ4v) is 1.62. The zero-order chi connectivity index (χ0) is 13.0. The molecule has 0 saturated carbocycles. The van der Waals surface area contributed by atoms with Crippen molar-refractivity contribution in [1.82, 2.24) is 4.98 Å². The van der Waals surface area contributed by atoms with E-state index in [1.165, 1.54) is 0 Å². The number of anilines is 1. The molecule has 2 N–H and O–H groups in total. The Bertz CT molecular complexity index is 427. The zero-order valence-corrected chi connectivity index (χ0v) is 9.80. The van der Waals surface area contributed by atoms with Crippen molar-refractivity contribution in [3.63, 3.8) is 0 Å². The quantitative estimate of drug-likeness (QED) is 0.670. The van der Waals surface area contributed by atoms with E-state index in [4.69, 9.17) is 17.3 Å². The highest BCUT2D eigenvalue weighted by Gasteiger charge is 2.25. The predicted molar refractivity (Wildman–Crippen MR) is 59.1 cm³/mol. The Morgan fingerprint density at radius 3 is 2.76 bits per heavy atom. The van der Waals surface area contributed by atoms with Gasteiger partial charge in [-0.25, -0.2) is 18.6 Å². The van der Waals surface area contributed by atoms with Crippen molar-refractivity contribution in [2.75, 3.05) is 12.3 Å². The molecule has 0 aliphatic carbocycles. The number of nitrogen functional groups attached to an aromatic ring is 1. The zero-order valence-electron chi connectivity index (χ0n) is 9.04. The molecular weight excluding hydrogens is 254 g/mol. The van der Waals surface area contributed by atoms with Crippen LogP contribution in [-0.2, 0) is 10.6 Å². The Morgan fingerprint density at radius 2 is 2.29 bits per heavy atom. The number of halogens is 3. The van der Waals surface area contributed by atoms with Crippen LogP contribution >= 0.6 is 11.6 Å². The SMILES string of the molecule is CCOC(=O)c1cnc(N)c(CCl)c1C(F)F. The van der Waals surface area contributed by atoms with Crippen molar-refractivity contribution in [1.29, 1.82) is 0 Å². The van der Waals surface area contributed by atoms with Crippen LogP contribution in [0.3, 0.4) is 0 Å². The maximum atomic E-state index is 12.9. The van der Waals surface area contributed by atoms with E-state index in [9.17, 15) is 13.6 Å².